The predicted molar refractivity (Wildman–Crippen MR) is 94.0 cm³/mol. The molecule has 25 heavy (non-hydrogen) atoms. The van der Waals surface area contributed by atoms with Crippen LogP contribution in [0.15, 0.2) is 61.1 Å². The van der Waals surface area contributed by atoms with E-state index in [1.165, 1.54) is 0 Å². The van der Waals surface area contributed by atoms with Gasteiger partial charge in [0.25, 0.3) is 0 Å². The number of nitrogens with two attached hydrogens (primary N) is 1. The number of fused-ring (bicyclic) bond motifs is 1. The van der Waals surface area contributed by atoms with Crippen molar-refractivity contribution >= 4 is 10.9 Å². The molecule has 1 spiro atoms. The molecular weight excluding hydrogens is 314 g/mol. The van der Waals surface area contributed by atoms with Gasteiger partial charge in [0.2, 0.25) is 0 Å². The lowest BCUT2D eigenvalue weighted by atomic mass is 9.52. The fraction of sp³-hybridized carbons (Fsp3) is 0.300. The Bertz CT molecular complexity index is 919. The lowest BCUT2D eigenvalue weighted by Crippen LogP contribution is -2.73. The highest BCUT2D eigenvalue weighted by Gasteiger charge is 2.70. The lowest BCUT2D eigenvalue weighted by Gasteiger charge is -2.60. The highest BCUT2D eigenvalue weighted by Crippen LogP contribution is 2.59. The molecular formula is C20H19N3O2. The number of pyridine rings is 2. The summed E-state index contributed by atoms with van der Waals surface area (Å²) in [5, 5.41) is 0.988. The Balaban J connectivity index is 1.85. The number of hydrogen-bond acceptors (Lipinski definition) is 5. The Labute approximate surface area is 145 Å². The molecule has 5 heteroatoms. The van der Waals surface area contributed by atoms with E-state index in [1.807, 2.05) is 42.7 Å². The van der Waals surface area contributed by atoms with Crippen LogP contribution in [-0.2, 0) is 14.9 Å². The Kier molecular flexibility index (Phi) is 3.19. The molecule has 3 heterocycles. The summed E-state index contributed by atoms with van der Waals surface area (Å²) in [7, 11) is 0. The maximum absolute atomic E-state index is 6.65. The average Bonchev–Trinajstić information content (AvgIpc) is 3.14. The van der Waals surface area contributed by atoms with Crippen molar-refractivity contribution in [3.63, 3.8) is 0 Å². The van der Waals surface area contributed by atoms with Crippen LogP contribution < -0.4 is 5.73 Å². The summed E-state index contributed by atoms with van der Waals surface area (Å²) in [5.41, 5.74) is 8.98. The fourth-order valence-corrected chi connectivity index (χ4v) is 4.54. The van der Waals surface area contributed by atoms with Crippen molar-refractivity contribution in [1.29, 1.82) is 0 Å². The van der Waals surface area contributed by atoms with Gasteiger partial charge in [-0.1, -0.05) is 30.3 Å². The molecule has 5 rings (SSSR count). The predicted octanol–water partition coefficient (Wildman–Crippen LogP) is 2.39. The molecule has 1 saturated carbocycles. The van der Waals surface area contributed by atoms with Crippen molar-refractivity contribution in [3.05, 3.63) is 72.2 Å². The van der Waals surface area contributed by atoms with Gasteiger partial charge in [-0.05, 0) is 17.7 Å². The molecule has 0 amide bonds. The van der Waals surface area contributed by atoms with Gasteiger partial charge in [-0.2, -0.15) is 0 Å². The summed E-state index contributed by atoms with van der Waals surface area (Å²) in [5.74, 6) is -0.749. The standard InChI is InChI=1S/C20H19N3O2/c21-17-11-19(24-9-10-25-19)20(17,15-6-2-1-3-7-15)16-13-22-12-14-5-4-8-23-18(14)16/h1-8,12-13,17H,9-11,21H2. The molecule has 126 valence electrons. The summed E-state index contributed by atoms with van der Waals surface area (Å²) in [6.07, 6.45) is 6.16. The molecule has 2 aromatic heterocycles. The third kappa shape index (κ3) is 1.83. The van der Waals surface area contributed by atoms with Crippen LogP contribution in [-0.4, -0.2) is 35.0 Å². The summed E-state index contributed by atoms with van der Waals surface area (Å²) < 4.78 is 12.3. The van der Waals surface area contributed by atoms with Gasteiger partial charge in [0, 0.05) is 42.0 Å². The first-order valence-electron chi connectivity index (χ1n) is 8.56. The van der Waals surface area contributed by atoms with Crippen LogP contribution in [0.4, 0.5) is 0 Å². The molecule has 1 aliphatic heterocycles. The number of benzene rings is 1. The van der Waals surface area contributed by atoms with Gasteiger partial charge in [-0.25, -0.2) is 0 Å². The summed E-state index contributed by atoms with van der Waals surface area (Å²) in [6, 6.07) is 14.0. The van der Waals surface area contributed by atoms with Crippen molar-refractivity contribution in [2.24, 2.45) is 5.73 Å². The van der Waals surface area contributed by atoms with E-state index in [9.17, 15) is 0 Å². The number of hydrogen-bond donors (Lipinski definition) is 1. The largest absolute Gasteiger partial charge is 0.346 e. The van der Waals surface area contributed by atoms with Gasteiger partial charge in [0.1, 0.15) is 0 Å². The fourth-order valence-electron chi connectivity index (χ4n) is 4.54. The first kappa shape index (κ1) is 15.0. The van der Waals surface area contributed by atoms with Crippen LogP contribution in [0.2, 0.25) is 0 Å². The Hall–Kier alpha value is -2.34. The highest BCUT2D eigenvalue weighted by atomic mass is 16.7. The Morgan fingerprint density at radius 3 is 2.56 bits per heavy atom. The molecule has 1 aromatic carbocycles. The molecule has 2 atom stereocenters. The number of rotatable bonds is 2. The zero-order valence-electron chi connectivity index (χ0n) is 13.8. The van der Waals surface area contributed by atoms with Crippen LogP contribution in [0.5, 0.6) is 0 Å². The van der Waals surface area contributed by atoms with E-state index in [0.717, 1.165) is 22.0 Å². The molecule has 2 fully saturated rings. The zero-order valence-corrected chi connectivity index (χ0v) is 13.8. The molecule has 2 aliphatic rings. The SMILES string of the molecule is NC1CC2(OCCO2)C1(c1ccccc1)c1cncc2cccnc12. The van der Waals surface area contributed by atoms with Gasteiger partial charge in [0.05, 0.1) is 24.1 Å². The zero-order chi connectivity index (χ0) is 16.9. The minimum atomic E-state index is -0.749. The van der Waals surface area contributed by atoms with E-state index >= 15 is 0 Å². The van der Waals surface area contributed by atoms with Gasteiger partial charge in [-0.15, -0.1) is 0 Å². The van der Waals surface area contributed by atoms with Gasteiger partial charge in [0.15, 0.2) is 5.79 Å². The van der Waals surface area contributed by atoms with E-state index in [2.05, 4.69) is 22.1 Å². The van der Waals surface area contributed by atoms with E-state index in [0.29, 0.717) is 19.6 Å². The van der Waals surface area contributed by atoms with Crippen molar-refractivity contribution in [2.75, 3.05) is 13.2 Å². The molecule has 1 aliphatic carbocycles. The molecule has 1 saturated heterocycles. The summed E-state index contributed by atoms with van der Waals surface area (Å²) in [6.45, 7) is 1.15. The van der Waals surface area contributed by atoms with Crippen molar-refractivity contribution < 1.29 is 9.47 Å². The lowest BCUT2D eigenvalue weighted by molar-refractivity contribution is -0.260. The summed E-state index contributed by atoms with van der Waals surface area (Å²) >= 11 is 0. The van der Waals surface area contributed by atoms with E-state index in [-0.39, 0.29) is 6.04 Å². The van der Waals surface area contributed by atoms with Crippen molar-refractivity contribution in [3.8, 4) is 0 Å². The Morgan fingerprint density at radius 1 is 1.00 bits per heavy atom. The highest BCUT2D eigenvalue weighted by molar-refractivity contribution is 5.83. The van der Waals surface area contributed by atoms with Crippen LogP contribution in [0, 0.1) is 0 Å². The molecule has 5 nitrogen and oxygen atoms in total. The van der Waals surface area contributed by atoms with Gasteiger partial charge < -0.3 is 15.2 Å². The minimum absolute atomic E-state index is 0.137. The molecule has 0 radical (unpaired) electrons. The maximum atomic E-state index is 6.65. The molecule has 2 unspecified atom stereocenters. The third-order valence-corrected chi connectivity index (χ3v) is 5.56. The summed E-state index contributed by atoms with van der Waals surface area (Å²) in [4.78, 5) is 9.11. The molecule has 2 N–H and O–H groups in total. The first-order chi connectivity index (χ1) is 12.3. The first-order valence-corrected chi connectivity index (χ1v) is 8.56. The second kappa shape index (κ2) is 5.33. The van der Waals surface area contributed by atoms with Crippen molar-refractivity contribution in [2.45, 2.75) is 23.7 Å². The smallest absolute Gasteiger partial charge is 0.185 e. The molecule has 0 bridgehead atoms. The van der Waals surface area contributed by atoms with Gasteiger partial charge in [-0.3, -0.25) is 9.97 Å². The minimum Gasteiger partial charge on any atom is -0.346 e. The van der Waals surface area contributed by atoms with Crippen LogP contribution >= 0.6 is 0 Å². The quantitative estimate of drug-likeness (QED) is 0.780. The van der Waals surface area contributed by atoms with Crippen LogP contribution in [0.3, 0.4) is 0 Å². The van der Waals surface area contributed by atoms with E-state index in [4.69, 9.17) is 15.2 Å². The molecule has 3 aromatic rings. The van der Waals surface area contributed by atoms with Crippen molar-refractivity contribution in [1.82, 2.24) is 9.97 Å². The monoisotopic (exact) mass is 333 g/mol. The number of ether oxygens (including phenoxy) is 2. The van der Waals surface area contributed by atoms with E-state index in [1.54, 1.807) is 6.20 Å². The maximum Gasteiger partial charge on any atom is 0.185 e. The van der Waals surface area contributed by atoms with E-state index < -0.39 is 11.2 Å². The second-order valence-electron chi connectivity index (χ2n) is 6.70. The topological polar surface area (TPSA) is 70.3 Å². The number of aromatic nitrogens is 2. The third-order valence-electron chi connectivity index (χ3n) is 5.56. The number of nitrogens with zero attached hydrogens (tertiary/aromatic N) is 2. The van der Waals surface area contributed by atoms with Crippen LogP contribution in [0.1, 0.15) is 17.5 Å². The second-order valence-corrected chi connectivity index (χ2v) is 6.70. The van der Waals surface area contributed by atoms with Crippen LogP contribution in [0.25, 0.3) is 10.9 Å². The average molecular weight is 333 g/mol. The normalized spacial score (nSPS) is 27.5. The Morgan fingerprint density at radius 2 is 1.80 bits per heavy atom. The van der Waals surface area contributed by atoms with Gasteiger partial charge >= 0.3 is 0 Å².